The molecule has 1 heteroatoms. The van der Waals surface area contributed by atoms with Gasteiger partial charge in [0, 0.05) is 0 Å². The molecule has 0 N–H and O–H groups in total. The van der Waals surface area contributed by atoms with E-state index < -0.39 is 20.3 Å². The van der Waals surface area contributed by atoms with Gasteiger partial charge in [0.05, 0.1) is 0 Å². The van der Waals surface area contributed by atoms with E-state index in [1.807, 2.05) is 0 Å². The van der Waals surface area contributed by atoms with Crippen LogP contribution in [-0.4, -0.2) is 0 Å². The van der Waals surface area contributed by atoms with Gasteiger partial charge in [-0.05, 0) is 0 Å². The zero-order chi connectivity index (χ0) is 12.1. The average molecular weight is 292 g/mol. The van der Waals surface area contributed by atoms with E-state index in [4.69, 9.17) is 0 Å². The Bertz CT molecular complexity index is 132. The van der Waals surface area contributed by atoms with Gasteiger partial charge in [-0.25, -0.2) is 0 Å². The fourth-order valence-electron chi connectivity index (χ4n) is 3.28. The third-order valence-corrected chi connectivity index (χ3v) is 19.4. The van der Waals surface area contributed by atoms with Crippen LogP contribution in [0.25, 0.3) is 0 Å². The second-order valence-corrected chi connectivity index (χ2v) is 18.8. The van der Waals surface area contributed by atoms with Crippen LogP contribution in [0.15, 0.2) is 0 Å². The summed E-state index contributed by atoms with van der Waals surface area (Å²) in [6, 6.07) is 0. The molecule has 0 nitrogen and oxygen atoms in total. The molecule has 0 spiro atoms. The summed E-state index contributed by atoms with van der Waals surface area (Å²) in [5.74, 6) is 2.79. The molecular weight excluding hydrogens is 259 g/mol. The predicted molar refractivity (Wildman–Crippen MR) is 69.4 cm³/mol. The maximum absolute atomic E-state index is 2.48. The van der Waals surface area contributed by atoms with Crippen molar-refractivity contribution >= 4 is 0 Å². The fraction of sp³-hybridized carbons (Fsp3) is 1.00. The molecule has 0 aromatic heterocycles. The summed E-state index contributed by atoms with van der Waals surface area (Å²) in [6.07, 6.45) is 0. The Morgan fingerprint density at radius 3 is 1.07 bits per heavy atom. The Labute approximate surface area is 103 Å². The van der Waals surface area contributed by atoms with Crippen LogP contribution in [0.3, 0.4) is 0 Å². The van der Waals surface area contributed by atoms with Crippen molar-refractivity contribution in [3.63, 3.8) is 0 Å². The fourth-order valence-corrected chi connectivity index (χ4v) is 19.4. The number of hydrogen-bond donors (Lipinski definition) is 0. The van der Waals surface area contributed by atoms with Crippen LogP contribution >= 0.6 is 0 Å². The molecule has 0 saturated carbocycles. The molecule has 0 fully saturated rings. The van der Waals surface area contributed by atoms with Crippen molar-refractivity contribution in [3.8, 4) is 0 Å². The van der Waals surface area contributed by atoms with Gasteiger partial charge in [0.2, 0.25) is 0 Å². The molecule has 15 heavy (non-hydrogen) atoms. The summed E-state index contributed by atoms with van der Waals surface area (Å²) in [5, 5.41) is 0. The van der Waals surface area contributed by atoms with Crippen LogP contribution in [-0.2, 0) is 20.3 Å². The zero-order valence-electron chi connectivity index (χ0n) is 12.1. The normalized spacial score (nSPS) is 13.2. The molecule has 0 aliphatic heterocycles. The number of rotatable bonds is 7. The molecule has 0 aromatic rings. The van der Waals surface area contributed by atoms with E-state index in [9.17, 15) is 0 Å². The Morgan fingerprint density at radius 2 is 0.933 bits per heavy atom. The SMILES string of the molecule is C[CH2][Zr]([CH2]C(C)C)([CH2]C(C)C)[CH2]C(C)C. The molecule has 0 bridgehead atoms. The molecule has 0 aliphatic rings. The van der Waals surface area contributed by atoms with Crippen LogP contribution in [0, 0.1) is 17.8 Å². The van der Waals surface area contributed by atoms with Crippen molar-refractivity contribution in [3.05, 3.63) is 0 Å². The zero-order valence-corrected chi connectivity index (χ0v) is 14.5. The van der Waals surface area contributed by atoms with Crippen LogP contribution < -0.4 is 0 Å². The van der Waals surface area contributed by atoms with Gasteiger partial charge in [-0.3, -0.25) is 0 Å². The third kappa shape index (κ3) is 6.93. The van der Waals surface area contributed by atoms with Crippen LogP contribution in [0.2, 0.25) is 16.5 Å². The van der Waals surface area contributed by atoms with Crippen molar-refractivity contribution in [2.24, 2.45) is 17.8 Å². The van der Waals surface area contributed by atoms with Gasteiger partial charge in [-0.2, -0.15) is 0 Å². The van der Waals surface area contributed by atoms with Crippen molar-refractivity contribution in [2.75, 3.05) is 0 Å². The van der Waals surface area contributed by atoms with Crippen LogP contribution in [0.5, 0.6) is 0 Å². The quantitative estimate of drug-likeness (QED) is 0.556. The molecule has 0 aliphatic carbocycles. The van der Waals surface area contributed by atoms with E-state index in [0.717, 1.165) is 17.8 Å². The second kappa shape index (κ2) is 7.26. The Morgan fingerprint density at radius 1 is 0.667 bits per heavy atom. The molecule has 0 amide bonds. The van der Waals surface area contributed by atoms with E-state index in [2.05, 4.69) is 48.5 Å². The molecule has 0 rings (SSSR count). The third-order valence-electron chi connectivity index (χ3n) is 3.27. The Balaban J connectivity index is 4.59. The van der Waals surface area contributed by atoms with E-state index in [0.29, 0.717) is 0 Å². The van der Waals surface area contributed by atoms with E-state index in [1.165, 1.54) is 0 Å². The maximum atomic E-state index is 2.48. The first kappa shape index (κ1) is 15.9. The molecule has 0 radical (unpaired) electrons. The number of hydrogen-bond acceptors (Lipinski definition) is 0. The van der Waals surface area contributed by atoms with E-state index in [-0.39, 0.29) is 0 Å². The summed E-state index contributed by atoms with van der Waals surface area (Å²) in [5.41, 5.74) is 0. The molecule has 0 unspecified atom stereocenters. The van der Waals surface area contributed by atoms with Gasteiger partial charge in [0.25, 0.3) is 0 Å². The second-order valence-electron chi connectivity index (χ2n) is 6.65. The van der Waals surface area contributed by atoms with Crippen LogP contribution in [0.1, 0.15) is 48.5 Å². The Hall–Kier alpha value is 0.883. The molecule has 0 heterocycles. The van der Waals surface area contributed by atoms with Gasteiger partial charge in [0.15, 0.2) is 0 Å². The van der Waals surface area contributed by atoms with Crippen molar-refractivity contribution in [2.45, 2.75) is 65.0 Å². The van der Waals surface area contributed by atoms with Crippen molar-refractivity contribution in [1.82, 2.24) is 0 Å². The topological polar surface area (TPSA) is 0 Å². The van der Waals surface area contributed by atoms with Crippen molar-refractivity contribution < 1.29 is 20.3 Å². The summed E-state index contributed by atoms with van der Waals surface area (Å²) in [6.45, 7) is 17.0. The molecule has 0 saturated heterocycles. The van der Waals surface area contributed by atoms with E-state index >= 15 is 0 Å². The van der Waals surface area contributed by atoms with Gasteiger partial charge < -0.3 is 0 Å². The first-order valence-corrected chi connectivity index (χ1v) is 13.8. The first-order chi connectivity index (χ1) is 6.81. The first-order valence-electron chi connectivity index (χ1n) is 6.81. The summed E-state index contributed by atoms with van der Waals surface area (Å²) in [4.78, 5) is 0. The standard InChI is InChI=1S/3C4H9.C2H5.Zr/c3*1-4(2)3;1-2;/h3*4H,1H2,2-3H3;1H2,2H3;. The molecule has 92 valence electrons. The summed E-state index contributed by atoms with van der Waals surface area (Å²) < 4.78 is 6.40. The summed E-state index contributed by atoms with van der Waals surface area (Å²) >= 11 is -1.76. The van der Waals surface area contributed by atoms with Gasteiger partial charge >= 0.3 is 103 Å². The molecular formula is C14H32Zr. The molecule has 0 aromatic carbocycles. The average Bonchev–Trinajstić information content (AvgIpc) is 1.99. The van der Waals surface area contributed by atoms with Gasteiger partial charge in [-0.1, -0.05) is 0 Å². The van der Waals surface area contributed by atoms with Gasteiger partial charge in [-0.15, -0.1) is 0 Å². The molecule has 0 atom stereocenters. The van der Waals surface area contributed by atoms with Gasteiger partial charge in [0.1, 0.15) is 0 Å². The predicted octanol–water partition coefficient (Wildman–Crippen LogP) is 5.80. The Kier molecular flexibility index (Phi) is 7.68. The van der Waals surface area contributed by atoms with Crippen molar-refractivity contribution in [1.29, 1.82) is 0 Å². The van der Waals surface area contributed by atoms with E-state index in [1.54, 1.807) is 16.5 Å². The van der Waals surface area contributed by atoms with Crippen LogP contribution in [0.4, 0.5) is 0 Å². The minimum absolute atomic E-state index is 0.929. The summed E-state index contributed by atoms with van der Waals surface area (Å²) in [7, 11) is 0. The monoisotopic (exact) mass is 290 g/mol. The minimum atomic E-state index is -1.76.